The molecule has 0 aliphatic heterocycles. The average molecular weight is 247 g/mol. The highest BCUT2D eigenvalue weighted by atomic mass is 14.6. The molecule has 0 aromatic rings. The van der Waals surface area contributed by atoms with Crippen molar-refractivity contribution in [2.45, 2.75) is 53.9 Å². The topological polar surface area (TPSA) is 26.0 Å². The Balaban J connectivity index is 5.38. The van der Waals surface area contributed by atoms with E-state index in [0.717, 1.165) is 25.0 Å². The Morgan fingerprint density at radius 3 is 2.33 bits per heavy atom. The molecule has 0 spiro atoms. The van der Waals surface area contributed by atoms with Crippen molar-refractivity contribution in [3.63, 3.8) is 0 Å². The van der Waals surface area contributed by atoms with Gasteiger partial charge in [-0.15, -0.1) is 6.58 Å². The molecule has 0 saturated carbocycles. The zero-order chi connectivity index (χ0) is 14.1. The van der Waals surface area contributed by atoms with Crippen molar-refractivity contribution in [2.75, 3.05) is 0 Å². The first-order valence-electron chi connectivity index (χ1n) is 6.91. The summed E-state index contributed by atoms with van der Waals surface area (Å²) in [4.78, 5) is 0. The maximum Gasteiger partial charge on any atom is 0.0349 e. The van der Waals surface area contributed by atoms with Crippen LogP contribution in [-0.2, 0) is 0 Å². The van der Waals surface area contributed by atoms with E-state index in [1.807, 2.05) is 6.08 Å². The second kappa shape index (κ2) is 8.79. The van der Waals surface area contributed by atoms with Crippen LogP contribution in [0.1, 0.15) is 53.9 Å². The average Bonchev–Trinajstić information content (AvgIpc) is 2.32. The fraction of sp³-hybridized carbons (Fsp3) is 0.529. The molecule has 0 aromatic heterocycles. The molecule has 1 nitrogen and oxygen atoms in total. The quantitative estimate of drug-likeness (QED) is 0.490. The predicted molar refractivity (Wildman–Crippen MR) is 83.3 cm³/mol. The largest absolute Gasteiger partial charge is 0.398 e. The molecule has 0 rings (SSSR count). The van der Waals surface area contributed by atoms with Crippen molar-refractivity contribution in [3.05, 3.63) is 47.2 Å². The third kappa shape index (κ3) is 5.39. The monoisotopic (exact) mass is 247 g/mol. The van der Waals surface area contributed by atoms with Gasteiger partial charge in [-0.1, -0.05) is 44.6 Å². The summed E-state index contributed by atoms with van der Waals surface area (Å²) in [5.74, 6) is 0.475. The SMILES string of the molecule is C=CCCC(=C(C)CC)C(=C/C)/C(N)=C\C(C)C. The van der Waals surface area contributed by atoms with E-state index < -0.39 is 0 Å². The number of nitrogens with two attached hydrogens (primary N) is 1. The van der Waals surface area contributed by atoms with E-state index in [4.69, 9.17) is 5.73 Å². The van der Waals surface area contributed by atoms with Crippen LogP contribution in [0.2, 0.25) is 0 Å². The van der Waals surface area contributed by atoms with Gasteiger partial charge in [-0.05, 0) is 50.2 Å². The van der Waals surface area contributed by atoms with Gasteiger partial charge in [0.05, 0.1) is 0 Å². The maximum atomic E-state index is 6.23. The van der Waals surface area contributed by atoms with Crippen LogP contribution >= 0.6 is 0 Å². The lowest BCUT2D eigenvalue weighted by molar-refractivity contribution is 0.819. The van der Waals surface area contributed by atoms with Crippen LogP contribution in [0.3, 0.4) is 0 Å². The molecule has 0 aliphatic rings. The Labute approximate surface area is 113 Å². The van der Waals surface area contributed by atoms with E-state index in [1.165, 1.54) is 16.7 Å². The van der Waals surface area contributed by atoms with Crippen LogP contribution in [0.4, 0.5) is 0 Å². The van der Waals surface area contributed by atoms with E-state index in [9.17, 15) is 0 Å². The van der Waals surface area contributed by atoms with E-state index >= 15 is 0 Å². The lowest BCUT2D eigenvalue weighted by atomic mass is 9.91. The van der Waals surface area contributed by atoms with Crippen LogP contribution in [0.25, 0.3) is 0 Å². The highest BCUT2D eigenvalue weighted by Gasteiger charge is 2.10. The van der Waals surface area contributed by atoms with Crippen molar-refractivity contribution in [3.8, 4) is 0 Å². The minimum atomic E-state index is 0.475. The van der Waals surface area contributed by atoms with Gasteiger partial charge in [0.25, 0.3) is 0 Å². The molecular formula is C17H29N. The molecule has 0 amide bonds. The normalized spacial score (nSPS) is 14.8. The molecule has 0 fully saturated rings. The molecule has 0 aliphatic carbocycles. The molecule has 0 aromatic carbocycles. The Morgan fingerprint density at radius 2 is 1.94 bits per heavy atom. The van der Waals surface area contributed by atoms with Crippen LogP contribution < -0.4 is 5.73 Å². The van der Waals surface area contributed by atoms with E-state index in [2.05, 4.69) is 53.3 Å². The van der Waals surface area contributed by atoms with Crippen LogP contribution in [-0.4, -0.2) is 0 Å². The first-order chi connectivity index (χ1) is 8.47. The van der Waals surface area contributed by atoms with Gasteiger partial charge in [-0.25, -0.2) is 0 Å². The molecule has 0 heterocycles. The number of hydrogen-bond donors (Lipinski definition) is 1. The molecular weight excluding hydrogens is 218 g/mol. The fourth-order valence-corrected chi connectivity index (χ4v) is 2.00. The summed E-state index contributed by atoms with van der Waals surface area (Å²) in [5.41, 5.74) is 11.1. The van der Waals surface area contributed by atoms with Crippen LogP contribution in [0.5, 0.6) is 0 Å². The number of hydrogen-bond acceptors (Lipinski definition) is 1. The Morgan fingerprint density at radius 1 is 1.33 bits per heavy atom. The highest BCUT2D eigenvalue weighted by Crippen LogP contribution is 2.26. The molecule has 102 valence electrons. The van der Waals surface area contributed by atoms with Crippen LogP contribution in [0, 0.1) is 5.92 Å². The Bertz CT molecular complexity index is 354. The zero-order valence-corrected chi connectivity index (χ0v) is 12.7. The minimum Gasteiger partial charge on any atom is -0.398 e. The first-order valence-corrected chi connectivity index (χ1v) is 6.91. The van der Waals surface area contributed by atoms with E-state index in [1.54, 1.807) is 0 Å². The summed E-state index contributed by atoms with van der Waals surface area (Å²) >= 11 is 0. The molecule has 0 atom stereocenters. The molecule has 0 unspecified atom stereocenters. The maximum absolute atomic E-state index is 6.23. The summed E-state index contributed by atoms with van der Waals surface area (Å²) < 4.78 is 0. The highest BCUT2D eigenvalue weighted by molar-refractivity contribution is 5.47. The summed E-state index contributed by atoms with van der Waals surface area (Å²) in [7, 11) is 0. The Hall–Kier alpha value is -1.24. The van der Waals surface area contributed by atoms with E-state index in [-0.39, 0.29) is 0 Å². The van der Waals surface area contributed by atoms with Crippen molar-refractivity contribution >= 4 is 0 Å². The predicted octanol–water partition coefficient (Wildman–Crippen LogP) is 5.12. The molecule has 0 bridgehead atoms. The lowest BCUT2D eigenvalue weighted by Gasteiger charge is -2.16. The number of rotatable bonds is 7. The second-order valence-corrected chi connectivity index (χ2v) is 5.01. The van der Waals surface area contributed by atoms with Gasteiger partial charge in [0.1, 0.15) is 0 Å². The van der Waals surface area contributed by atoms with Gasteiger partial charge in [0.2, 0.25) is 0 Å². The summed E-state index contributed by atoms with van der Waals surface area (Å²) in [5, 5.41) is 0. The zero-order valence-electron chi connectivity index (χ0n) is 12.7. The second-order valence-electron chi connectivity index (χ2n) is 5.01. The van der Waals surface area contributed by atoms with Crippen LogP contribution in [0.15, 0.2) is 47.2 Å². The van der Waals surface area contributed by atoms with Gasteiger partial charge in [0.15, 0.2) is 0 Å². The smallest absolute Gasteiger partial charge is 0.0349 e. The lowest BCUT2D eigenvalue weighted by Crippen LogP contribution is -2.07. The molecule has 18 heavy (non-hydrogen) atoms. The number of allylic oxidation sites excluding steroid dienone is 5. The standard InChI is InChI=1S/C17H29N/c1-7-10-11-16(14(6)8-2)15(9-3)17(18)12-13(4)5/h7,9,12-13H,1,8,10-11,18H2,2-6H3/b15-9-,16-14?,17-12+. The van der Waals surface area contributed by atoms with E-state index in [0.29, 0.717) is 5.92 Å². The van der Waals surface area contributed by atoms with Crippen molar-refractivity contribution in [1.82, 2.24) is 0 Å². The third-order valence-electron chi connectivity index (χ3n) is 3.08. The molecule has 0 radical (unpaired) electrons. The third-order valence-corrected chi connectivity index (χ3v) is 3.08. The first kappa shape index (κ1) is 16.8. The Kier molecular flexibility index (Phi) is 8.19. The molecule has 2 N–H and O–H groups in total. The summed E-state index contributed by atoms with van der Waals surface area (Å²) in [6.07, 6.45) is 9.32. The van der Waals surface area contributed by atoms with Crippen molar-refractivity contribution < 1.29 is 0 Å². The van der Waals surface area contributed by atoms with Gasteiger partial charge in [-0.2, -0.15) is 0 Å². The van der Waals surface area contributed by atoms with Gasteiger partial charge in [-0.3, -0.25) is 0 Å². The summed E-state index contributed by atoms with van der Waals surface area (Å²) in [6, 6.07) is 0. The molecule has 1 heteroatoms. The van der Waals surface area contributed by atoms with Gasteiger partial charge in [0, 0.05) is 5.70 Å². The minimum absolute atomic E-state index is 0.475. The summed E-state index contributed by atoms with van der Waals surface area (Å²) in [6.45, 7) is 14.6. The van der Waals surface area contributed by atoms with Crippen molar-refractivity contribution in [2.24, 2.45) is 11.7 Å². The van der Waals surface area contributed by atoms with Gasteiger partial charge < -0.3 is 5.73 Å². The van der Waals surface area contributed by atoms with Gasteiger partial charge >= 0.3 is 0 Å². The molecule has 0 saturated heterocycles. The van der Waals surface area contributed by atoms with Crippen molar-refractivity contribution in [1.29, 1.82) is 0 Å². The fourth-order valence-electron chi connectivity index (χ4n) is 2.00.